The molecule has 1 rings (SSSR count). The Morgan fingerprint density at radius 3 is 2.57 bits per heavy atom. The number of hydrogen-bond acceptors (Lipinski definition) is 5. The van der Waals surface area contributed by atoms with Crippen LogP contribution in [-0.4, -0.2) is 47.9 Å². The molecule has 0 aliphatic heterocycles. The quantitative estimate of drug-likeness (QED) is 0.828. The second-order valence-electron chi connectivity index (χ2n) is 4.84. The van der Waals surface area contributed by atoms with Crippen molar-refractivity contribution in [1.82, 2.24) is 15.2 Å². The molecule has 0 bridgehead atoms. The van der Waals surface area contributed by atoms with E-state index in [9.17, 15) is 9.59 Å². The van der Waals surface area contributed by atoms with Crippen LogP contribution in [0.3, 0.4) is 0 Å². The molecule has 7 heteroatoms. The predicted octanol–water partition coefficient (Wildman–Crippen LogP) is 1.47. The Balaban J connectivity index is 2.59. The van der Waals surface area contributed by atoms with Crippen LogP contribution in [0, 0.1) is 0 Å². The SMILES string of the molecule is CCN(C)C(=O)C(C)NCc1csc(N(CC)C(C)=O)n1. The maximum absolute atomic E-state index is 11.9. The zero-order chi connectivity index (χ0) is 16.0. The molecule has 1 atom stereocenters. The normalized spacial score (nSPS) is 12.0. The molecular formula is C14H24N4O2S. The first kappa shape index (κ1) is 17.6. The maximum Gasteiger partial charge on any atom is 0.239 e. The molecule has 1 unspecified atom stereocenters. The number of aromatic nitrogens is 1. The van der Waals surface area contributed by atoms with Gasteiger partial charge in [0.2, 0.25) is 11.8 Å². The first-order chi connectivity index (χ1) is 9.90. The van der Waals surface area contributed by atoms with Gasteiger partial charge >= 0.3 is 0 Å². The van der Waals surface area contributed by atoms with Crippen LogP contribution in [0.2, 0.25) is 0 Å². The largest absolute Gasteiger partial charge is 0.345 e. The van der Waals surface area contributed by atoms with Gasteiger partial charge in [-0.3, -0.25) is 14.5 Å². The van der Waals surface area contributed by atoms with E-state index in [1.165, 1.54) is 18.3 Å². The van der Waals surface area contributed by atoms with E-state index in [2.05, 4.69) is 10.3 Å². The molecule has 1 heterocycles. The van der Waals surface area contributed by atoms with E-state index in [-0.39, 0.29) is 17.9 Å². The molecule has 1 aromatic rings. The van der Waals surface area contributed by atoms with Crippen LogP contribution >= 0.6 is 11.3 Å². The number of thiazole rings is 1. The van der Waals surface area contributed by atoms with Gasteiger partial charge in [-0.05, 0) is 20.8 Å². The van der Waals surface area contributed by atoms with Crippen LogP contribution < -0.4 is 10.2 Å². The number of hydrogen-bond donors (Lipinski definition) is 1. The summed E-state index contributed by atoms with van der Waals surface area (Å²) < 4.78 is 0. The van der Waals surface area contributed by atoms with E-state index in [1.807, 2.05) is 26.2 Å². The van der Waals surface area contributed by atoms with Gasteiger partial charge in [0.05, 0.1) is 11.7 Å². The molecule has 118 valence electrons. The Bertz CT molecular complexity index is 489. The summed E-state index contributed by atoms with van der Waals surface area (Å²) in [7, 11) is 1.79. The number of carbonyl (C=O) groups is 2. The third kappa shape index (κ3) is 4.78. The maximum atomic E-state index is 11.9. The summed E-state index contributed by atoms with van der Waals surface area (Å²) in [5.74, 6) is 0.0475. The monoisotopic (exact) mass is 312 g/mol. The van der Waals surface area contributed by atoms with E-state index in [4.69, 9.17) is 0 Å². The van der Waals surface area contributed by atoms with E-state index >= 15 is 0 Å². The fourth-order valence-electron chi connectivity index (χ4n) is 1.83. The lowest BCUT2D eigenvalue weighted by atomic mass is 10.3. The highest BCUT2D eigenvalue weighted by atomic mass is 32.1. The molecule has 1 aromatic heterocycles. The Kier molecular flexibility index (Phi) is 6.77. The van der Waals surface area contributed by atoms with Crippen molar-refractivity contribution in [3.63, 3.8) is 0 Å². The third-order valence-electron chi connectivity index (χ3n) is 3.28. The highest BCUT2D eigenvalue weighted by Crippen LogP contribution is 2.20. The number of rotatable bonds is 7. The molecule has 6 nitrogen and oxygen atoms in total. The van der Waals surface area contributed by atoms with Crippen molar-refractivity contribution in [3.8, 4) is 0 Å². The summed E-state index contributed by atoms with van der Waals surface area (Å²) in [6.07, 6.45) is 0. The number of carbonyl (C=O) groups excluding carboxylic acids is 2. The Morgan fingerprint density at radius 1 is 1.38 bits per heavy atom. The first-order valence-corrected chi connectivity index (χ1v) is 7.99. The lowest BCUT2D eigenvalue weighted by Crippen LogP contribution is -2.42. The highest BCUT2D eigenvalue weighted by Gasteiger charge is 2.17. The van der Waals surface area contributed by atoms with Gasteiger partial charge in [0, 0.05) is 39.0 Å². The molecule has 0 aromatic carbocycles. The topological polar surface area (TPSA) is 65.5 Å². The van der Waals surface area contributed by atoms with E-state index in [0.717, 1.165) is 5.69 Å². The summed E-state index contributed by atoms with van der Waals surface area (Å²) in [6.45, 7) is 9.04. The van der Waals surface area contributed by atoms with Gasteiger partial charge in [-0.1, -0.05) is 0 Å². The Hall–Kier alpha value is -1.47. The number of amides is 2. The molecular weight excluding hydrogens is 288 g/mol. The van der Waals surface area contributed by atoms with E-state index in [1.54, 1.807) is 16.8 Å². The molecule has 0 aliphatic rings. The molecule has 0 spiro atoms. The second kappa shape index (κ2) is 8.09. The number of anilines is 1. The fourth-order valence-corrected chi connectivity index (χ4v) is 2.76. The molecule has 2 amide bonds. The minimum atomic E-state index is -0.254. The van der Waals surface area contributed by atoms with Crippen molar-refractivity contribution < 1.29 is 9.59 Å². The van der Waals surface area contributed by atoms with Gasteiger partial charge in [-0.25, -0.2) is 4.98 Å². The van der Waals surface area contributed by atoms with Crippen molar-refractivity contribution in [2.45, 2.75) is 40.3 Å². The van der Waals surface area contributed by atoms with Crippen LogP contribution in [0.1, 0.15) is 33.4 Å². The van der Waals surface area contributed by atoms with Gasteiger partial charge in [-0.2, -0.15) is 0 Å². The minimum Gasteiger partial charge on any atom is -0.345 e. The average Bonchev–Trinajstić information content (AvgIpc) is 2.92. The standard InChI is InChI=1S/C14H24N4O2S/c1-6-17(5)13(20)10(3)15-8-12-9-21-14(16-12)18(7-2)11(4)19/h9-10,15H,6-8H2,1-5H3. The van der Waals surface area contributed by atoms with Crippen LogP contribution in [0.5, 0.6) is 0 Å². The summed E-state index contributed by atoms with van der Waals surface area (Å²) in [6, 6.07) is -0.254. The van der Waals surface area contributed by atoms with Crippen LogP contribution in [0.25, 0.3) is 0 Å². The second-order valence-corrected chi connectivity index (χ2v) is 5.68. The molecule has 0 aliphatic carbocycles. The molecule has 0 fully saturated rings. The Morgan fingerprint density at radius 2 is 2.05 bits per heavy atom. The number of nitrogens with one attached hydrogen (secondary N) is 1. The summed E-state index contributed by atoms with van der Waals surface area (Å²) >= 11 is 1.44. The van der Waals surface area contributed by atoms with Gasteiger partial charge in [-0.15, -0.1) is 11.3 Å². The van der Waals surface area contributed by atoms with Crippen LogP contribution in [0.15, 0.2) is 5.38 Å². The lowest BCUT2D eigenvalue weighted by molar-refractivity contribution is -0.131. The van der Waals surface area contributed by atoms with Gasteiger partial charge in [0.1, 0.15) is 0 Å². The lowest BCUT2D eigenvalue weighted by Gasteiger charge is -2.20. The van der Waals surface area contributed by atoms with Crippen molar-refractivity contribution in [3.05, 3.63) is 11.1 Å². The molecule has 0 radical (unpaired) electrons. The zero-order valence-electron chi connectivity index (χ0n) is 13.3. The number of likely N-dealkylation sites (N-methyl/N-ethyl adjacent to an activating group) is 1. The fraction of sp³-hybridized carbons (Fsp3) is 0.643. The average molecular weight is 312 g/mol. The van der Waals surface area contributed by atoms with E-state index < -0.39 is 0 Å². The van der Waals surface area contributed by atoms with Crippen molar-refractivity contribution >= 4 is 28.3 Å². The Labute approximate surface area is 130 Å². The van der Waals surface area contributed by atoms with Gasteiger partial charge < -0.3 is 10.2 Å². The van der Waals surface area contributed by atoms with Crippen molar-refractivity contribution in [2.24, 2.45) is 0 Å². The van der Waals surface area contributed by atoms with Crippen LogP contribution in [-0.2, 0) is 16.1 Å². The first-order valence-electron chi connectivity index (χ1n) is 7.11. The molecule has 0 saturated carbocycles. The van der Waals surface area contributed by atoms with Gasteiger partial charge in [0.25, 0.3) is 0 Å². The molecule has 1 N–H and O–H groups in total. The summed E-state index contributed by atoms with van der Waals surface area (Å²) in [5, 5.41) is 5.77. The molecule has 0 saturated heterocycles. The van der Waals surface area contributed by atoms with Gasteiger partial charge in [0.15, 0.2) is 5.13 Å². The molecule has 21 heavy (non-hydrogen) atoms. The highest BCUT2D eigenvalue weighted by molar-refractivity contribution is 7.14. The number of nitrogens with zero attached hydrogens (tertiary/aromatic N) is 3. The van der Waals surface area contributed by atoms with Crippen LogP contribution in [0.4, 0.5) is 5.13 Å². The smallest absolute Gasteiger partial charge is 0.239 e. The predicted molar refractivity (Wildman–Crippen MR) is 85.4 cm³/mol. The van der Waals surface area contributed by atoms with Crippen molar-refractivity contribution in [2.75, 3.05) is 25.0 Å². The third-order valence-corrected chi connectivity index (χ3v) is 4.19. The summed E-state index contributed by atoms with van der Waals surface area (Å²) in [5.41, 5.74) is 0.841. The summed E-state index contributed by atoms with van der Waals surface area (Å²) in [4.78, 5) is 31.2. The van der Waals surface area contributed by atoms with Crippen molar-refractivity contribution in [1.29, 1.82) is 0 Å². The zero-order valence-corrected chi connectivity index (χ0v) is 14.2. The minimum absolute atomic E-state index is 0.0144. The van der Waals surface area contributed by atoms with E-state index in [0.29, 0.717) is 24.8 Å².